The molecule has 19 heavy (non-hydrogen) atoms. The highest BCUT2D eigenvalue weighted by atomic mass is 19.4. The number of nitrogens with two attached hydrogens (primary N) is 1. The number of nitrogen functional groups attached to an aromatic ring is 1. The summed E-state index contributed by atoms with van der Waals surface area (Å²) in [5, 5.41) is 3.06. The predicted molar refractivity (Wildman–Crippen MR) is 70.9 cm³/mol. The van der Waals surface area contributed by atoms with Crippen LogP contribution in [0.15, 0.2) is 18.2 Å². The van der Waals surface area contributed by atoms with Gasteiger partial charge in [0.2, 0.25) is 0 Å². The van der Waals surface area contributed by atoms with E-state index in [2.05, 4.69) is 19.2 Å². The molecular formula is C14H19F3N2. The maximum Gasteiger partial charge on any atom is 0.418 e. The third-order valence-corrected chi connectivity index (χ3v) is 3.94. The van der Waals surface area contributed by atoms with Gasteiger partial charge in [-0.3, -0.25) is 0 Å². The molecule has 1 saturated carbocycles. The van der Waals surface area contributed by atoms with Crippen molar-refractivity contribution < 1.29 is 13.2 Å². The minimum Gasteiger partial charge on any atom is -0.399 e. The number of halogens is 3. The van der Waals surface area contributed by atoms with Crippen molar-refractivity contribution in [2.75, 3.05) is 11.1 Å². The lowest BCUT2D eigenvalue weighted by atomic mass is 9.87. The van der Waals surface area contributed by atoms with E-state index in [0.717, 1.165) is 25.3 Å². The van der Waals surface area contributed by atoms with Crippen molar-refractivity contribution in [3.05, 3.63) is 23.8 Å². The predicted octanol–water partition coefficient (Wildman–Crippen LogP) is 4.28. The quantitative estimate of drug-likeness (QED) is 0.789. The molecule has 1 fully saturated rings. The molecule has 2 nitrogen and oxygen atoms in total. The first-order valence-electron chi connectivity index (χ1n) is 6.43. The van der Waals surface area contributed by atoms with Gasteiger partial charge in [0.05, 0.1) is 5.56 Å². The van der Waals surface area contributed by atoms with E-state index < -0.39 is 11.7 Å². The van der Waals surface area contributed by atoms with Crippen LogP contribution < -0.4 is 11.1 Å². The van der Waals surface area contributed by atoms with Gasteiger partial charge in [-0.1, -0.05) is 20.3 Å². The minimum absolute atomic E-state index is 0.0181. The summed E-state index contributed by atoms with van der Waals surface area (Å²) in [7, 11) is 0. The van der Waals surface area contributed by atoms with Gasteiger partial charge in [-0.25, -0.2) is 0 Å². The Balaban J connectivity index is 2.30. The normalized spacial score (nSPS) is 22.5. The molecule has 1 aliphatic rings. The standard InChI is InChI=1S/C14H19F3N2/c1-13(2)7-3-4-12(13)19-11-6-5-9(18)8-10(11)14(15,16)17/h5-6,8,12,19H,3-4,7,18H2,1-2H3. The summed E-state index contributed by atoms with van der Waals surface area (Å²) < 4.78 is 39.0. The first-order valence-corrected chi connectivity index (χ1v) is 6.43. The summed E-state index contributed by atoms with van der Waals surface area (Å²) in [5.41, 5.74) is 5.05. The van der Waals surface area contributed by atoms with Gasteiger partial charge in [-0.05, 0) is 36.5 Å². The Morgan fingerprint density at radius 2 is 2.00 bits per heavy atom. The van der Waals surface area contributed by atoms with Gasteiger partial charge < -0.3 is 11.1 Å². The number of alkyl halides is 3. The van der Waals surface area contributed by atoms with Gasteiger partial charge in [0.25, 0.3) is 0 Å². The van der Waals surface area contributed by atoms with Crippen molar-refractivity contribution in [1.82, 2.24) is 0 Å². The molecule has 0 aliphatic heterocycles. The summed E-state index contributed by atoms with van der Waals surface area (Å²) in [6.45, 7) is 4.17. The van der Waals surface area contributed by atoms with E-state index in [1.807, 2.05) is 0 Å². The molecule has 0 spiro atoms. The highest BCUT2D eigenvalue weighted by Gasteiger charge is 2.38. The number of anilines is 2. The SMILES string of the molecule is CC1(C)CCCC1Nc1ccc(N)cc1C(F)(F)F. The second-order valence-corrected chi connectivity index (χ2v) is 5.88. The molecule has 1 aromatic carbocycles. The zero-order valence-electron chi connectivity index (χ0n) is 11.1. The summed E-state index contributed by atoms with van der Waals surface area (Å²) >= 11 is 0. The Kier molecular flexibility index (Phi) is 3.41. The van der Waals surface area contributed by atoms with Crippen LogP contribution in [0.3, 0.4) is 0 Å². The molecule has 0 amide bonds. The van der Waals surface area contributed by atoms with Gasteiger partial charge >= 0.3 is 6.18 Å². The van der Waals surface area contributed by atoms with Gasteiger partial charge in [0.15, 0.2) is 0 Å². The smallest absolute Gasteiger partial charge is 0.399 e. The van der Waals surface area contributed by atoms with Crippen LogP contribution in [-0.2, 0) is 6.18 Å². The Morgan fingerprint density at radius 3 is 2.53 bits per heavy atom. The molecule has 106 valence electrons. The molecule has 0 aromatic heterocycles. The molecule has 3 N–H and O–H groups in total. The van der Waals surface area contributed by atoms with Gasteiger partial charge in [-0.2, -0.15) is 13.2 Å². The summed E-state index contributed by atoms with van der Waals surface area (Å²) in [4.78, 5) is 0. The van der Waals surface area contributed by atoms with Crippen LogP contribution in [0.2, 0.25) is 0 Å². The van der Waals surface area contributed by atoms with E-state index in [4.69, 9.17) is 5.73 Å². The van der Waals surface area contributed by atoms with Crippen LogP contribution in [0.5, 0.6) is 0 Å². The van der Waals surface area contributed by atoms with Crippen LogP contribution in [0.1, 0.15) is 38.7 Å². The number of hydrogen-bond acceptors (Lipinski definition) is 2. The van der Waals surface area contributed by atoms with Crippen LogP contribution in [-0.4, -0.2) is 6.04 Å². The molecule has 1 atom stereocenters. The highest BCUT2D eigenvalue weighted by molar-refractivity contribution is 5.60. The first-order chi connectivity index (χ1) is 8.70. The summed E-state index contributed by atoms with van der Waals surface area (Å²) in [5.74, 6) is 0. The second kappa shape index (κ2) is 4.62. The third-order valence-electron chi connectivity index (χ3n) is 3.94. The van der Waals surface area contributed by atoms with Crippen molar-refractivity contribution in [3.63, 3.8) is 0 Å². The molecule has 0 heterocycles. The zero-order valence-corrected chi connectivity index (χ0v) is 11.1. The van der Waals surface area contributed by atoms with Crippen LogP contribution >= 0.6 is 0 Å². The van der Waals surface area contributed by atoms with Gasteiger partial charge in [-0.15, -0.1) is 0 Å². The van der Waals surface area contributed by atoms with Crippen molar-refractivity contribution in [1.29, 1.82) is 0 Å². The van der Waals surface area contributed by atoms with Crippen molar-refractivity contribution in [2.24, 2.45) is 5.41 Å². The van der Waals surface area contributed by atoms with Crippen molar-refractivity contribution >= 4 is 11.4 Å². The fraction of sp³-hybridized carbons (Fsp3) is 0.571. The van der Waals surface area contributed by atoms with Crippen molar-refractivity contribution in [2.45, 2.75) is 45.3 Å². The Labute approximate surface area is 111 Å². The monoisotopic (exact) mass is 272 g/mol. The topological polar surface area (TPSA) is 38.0 Å². The van der Waals surface area contributed by atoms with E-state index in [0.29, 0.717) is 0 Å². The van der Waals surface area contributed by atoms with Crippen LogP contribution in [0.25, 0.3) is 0 Å². The van der Waals surface area contributed by atoms with Gasteiger partial charge in [0.1, 0.15) is 0 Å². The molecule has 1 aliphatic carbocycles. The molecule has 1 unspecified atom stereocenters. The molecular weight excluding hydrogens is 253 g/mol. The third kappa shape index (κ3) is 2.96. The Morgan fingerprint density at radius 1 is 1.32 bits per heavy atom. The second-order valence-electron chi connectivity index (χ2n) is 5.88. The molecule has 0 saturated heterocycles. The first kappa shape index (κ1) is 14.0. The number of hydrogen-bond donors (Lipinski definition) is 2. The lowest BCUT2D eigenvalue weighted by Crippen LogP contribution is -2.31. The lowest BCUT2D eigenvalue weighted by molar-refractivity contribution is -0.136. The summed E-state index contributed by atoms with van der Waals surface area (Å²) in [6, 6.07) is 3.98. The van der Waals surface area contributed by atoms with Crippen LogP contribution in [0.4, 0.5) is 24.5 Å². The van der Waals surface area contributed by atoms with E-state index >= 15 is 0 Å². The molecule has 0 bridgehead atoms. The maximum atomic E-state index is 13.0. The zero-order chi connectivity index (χ0) is 14.3. The van der Waals surface area contributed by atoms with E-state index in [1.165, 1.54) is 12.1 Å². The number of rotatable bonds is 2. The van der Waals surface area contributed by atoms with E-state index in [-0.39, 0.29) is 22.8 Å². The molecule has 1 aromatic rings. The lowest BCUT2D eigenvalue weighted by Gasteiger charge is -2.30. The molecule has 2 rings (SSSR count). The van der Waals surface area contributed by atoms with Gasteiger partial charge in [0, 0.05) is 17.4 Å². The average Bonchev–Trinajstić information content (AvgIpc) is 2.59. The molecule has 0 radical (unpaired) electrons. The number of nitrogens with one attached hydrogen (secondary N) is 1. The van der Waals surface area contributed by atoms with E-state index in [9.17, 15) is 13.2 Å². The minimum atomic E-state index is -4.39. The maximum absolute atomic E-state index is 13.0. The number of benzene rings is 1. The van der Waals surface area contributed by atoms with Crippen molar-refractivity contribution in [3.8, 4) is 0 Å². The largest absolute Gasteiger partial charge is 0.418 e. The highest BCUT2D eigenvalue weighted by Crippen LogP contribution is 2.42. The van der Waals surface area contributed by atoms with E-state index in [1.54, 1.807) is 0 Å². The Bertz CT molecular complexity index is 466. The fourth-order valence-electron chi connectivity index (χ4n) is 2.70. The van der Waals surface area contributed by atoms with Crippen LogP contribution in [0, 0.1) is 5.41 Å². The molecule has 5 heteroatoms. The fourth-order valence-corrected chi connectivity index (χ4v) is 2.70. The Hall–Kier alpha value is -1.39. The summed E-state index contributed by atoms with van der Waals surface area (Å²) in [6.07, 6.45) is -1.42. The average molecular weight is 272 g/mol.